The maximum Gasteiger partial charge on any atom is 0.407 e. The Labute approximate surface area is 201 Å². The molecule has 1 aliphatic heterocycles. The highest BCUT2D eigenvalue weighted by atomic mass is 16.5. The van der Waals surface area contributed by atoms with E-state index in [0.717, 1.165) is 32.1 Å². The molecule has 9 heteroatoms. The summed E-state index contributed by atoms with van der Waals surface area (Å²) in [7, 11) is 0. The van der Waals surface area contributed by atoms with Crippen molar-refractivity contribution in [3.63, 3.8) is 0 Å². The molecular formula is C25H39N3O6. The van der Waals surface area contributed by atoms with E-state index in [1.165, 1.54) is 0 Å². The fraction of sp³-hybridized carbons (Fsp3) is 0.840. The Morgan fingerprint density at radius 2 is 1.91 bits per heavy atom. The molecule has 34 heavy (non-hydrogen) atoms. The van der Waals surface area contributed by atoms with Crippen LogP contribution in [0, 0.1) is 29.1 Å². The minimum atomic E-state index is -0.840. The van der Waals surface area contributed by atoms with Crippen LogP contribution in [0.1, 0.15) is 71.6 Å². The quantitative estimate of drug-likeness (QED) is 0.354. The van der Waals surface area contributed by atoms with Crippen molar-refractivity contribution in [1.29, 1.82) is 0 Å². The fourth-order valence-electron chi connectivity index (χ4n) is 7.28. The van der Waals surface area contributed by atoms with Crippen LogP contribution >= 0.6 is 0 Å². The van der Waals surface area contributed by atoms with Crippen LogP contribution in [0.2, 0.25) is 0 Å². The number of nitrogens with one attached hydrogen (secondary N) is 3. The minimum absolute atomic E-state index is 0.101. The predicted molar refractivity (Wildman–Crippen MR) is 124 cm³/mol. The highest BCUT2D eigenvalue weighted by Crippen LogP contribution is 2.61. The zero-order chi connectivity index (χ0) is 24.5. The molecule has 5 aliphatic rings. The average molecular weight is 478 g/mol. The zero-order valence-electron chi connectivity index (χ0n) is 20.3. The van der Waals surface area contributed by atoms with Gasteiger partial charge in [0.15, 0.2) is 0 Å². The molecule has 4 saturated carbocycles. The first-order valence-electron chi connectivity index (χ1n) is 12.8. The fourth-order valence-corrected chi connectivity index (χ4v) is 7.28. The van der Waals surface area contributed by atoms with Crippen molar-refractivity contribution in [2.24, 2.45) is 29.1 Å². The van der Waals surface area contributed by atoms with Gasteiger partial charge in [-0.2, -0.15) is 0 Å². The zero-order valence-corrected chi connectivity index (χ0v) is 20.3. The molecule has 4 N–H and O–H groups in total. The van der Waals surface area contributed by atoms with E-state index >= 15 is 0 Å². The van der Waals surface area contributed by atoms with Gasteiger partial charge >= 0.3 is 6.09 Å². The second-order valence-electron chi connectivity index (χ2n) is 11.9. The number of ether oxygens (including phenoxy) is 1. The molecule has 1 heterocycles. The molecule has 2 unspecified atom stereocenters. The van der Waals surface area contributed by atoms with Crippen LogP contribution in [0.3, 0.4) is 0 Å². The van der Waals surface area contributed by atoms with Crippen molar-refractivity contribution in [3.05, 3.63) is 0 Å². The topological polar surface area (TPSA) is 134 Å². The average Bonchev–Trinajstić information content (AvgIpc) is 3.13. The summed E-state index contributed by atoms with van der Waals surface area (Å²) in [6.07, 6.45) is 6.77. The maximum absolute atomic E-state index is 12.9. The lowest BCUT2D eigenvalue weighted by atomic mass is 9.48. The molecule has 5 atom stereocenters. The normalized spacial score (nSPS) is 35.5. The molecule has 5 rings (SSSR count). The molecule has 4 bridgehead atoms. The van der Waals surface area contributed by atoms with Crippen LogP contribution in [0.5, 0.6) is 0 Å². The molecule has 3 amide bonds. The summed E-state index contributed by atoms with van der Waals surface area (Å²) in [6.45, 7) is 4.72. The van der Waals surface area contributed by atoms with Crippen LogP contribution in [-0.2, 0) is 19.1 Å². The third-order valence-electron chi connectivity index (χ3n) is 8.17. The Morgan fingerprint density at radius 3 is 2.47 bits per heavy atom. The van der Waals surface area contributed by atoms with Gasteiger partial charge in [-0.25, -0.2) is 4.79 Å². The van der Waals surface area contributed by atoms with Gasteiger partial charge in [0.1, 0.15) is 12.3 Å². The Bertz CT molecular complexity index is 800. The van der Waals surface area contributed by atoms with Crippen LogP contribution in [-0.4, -0.2) is 60.1 Å². The van der Waals surface area contributed by atoms with E-state index in [0.29, 0.717) is 43.9 Å². The Balaban J connectivity index is 1.31. The number of aliphatic hydroxyl groups is 1. The molecule has 9 nitrogen and oxygen atoms in total. The van der Waals surface area contributed by atoms with Gasteiger partial charge in [-0.1, -0.05) is 13.8 Å². The SMILES string of the molecule is CC(C)C[C@H](NC(=O)OCC12CC3CC(CC(O)(C3)C1)C2)C(=O)N[C@H](C=O)C[C@@H]1CCNC1=O. The Kier molecular flexibility index (Phi) is 7.22. The van der Waals surface area contributed by atoms with Gasteiger partial charge in [0.25, 0.3) is 0 Å². The van der Waals surface area contributed by atoms with Crippen LogP contribution < -0.4 is 16.0 Å². The Morgan fingerprint density at radius 1 is 1.21 bits per heavy atom. The van der Waals surface area contributed by atoms with E-state index in [4.69, 9.17) is 4.74 Å². The van der Waals surface area contributed by atoms with Crippen LogP contribution in [0.25, 0.3) is 0 Å². The van der Waals surface area contributed by atoms with Gasteiger partial charge in [-0.15, -0.1) is 0 Å². The third-order valence-corrected chi connectivity index (χ3v) is 8.17. The van der Waals surface area contributed by atoms with Crippen molar-refractivity contribution >= 4 is 24.2 Å². The number of aldehydes is 1. The first kappa shape index (κ1) is 24.9. The number of alkyl carbamates (subject to hydrolysis) is 1. The molecule has 1 saturated heterocycles. The molecule has 0 spiro atoms. The van der Waals surface area contributed by atoms with Gasteiger partial charge in [0, 0.05) is 17.9 Å². The third kappa shape index (κ3) is 5.73. The van der Waals surface area contributed by atoms with E-state index in [9.17, 15) is 24.3 Å². The summed E-state index contributed by atoms with van der Waals surface area (Å²) in [5, 5.41) is 19.0. The summed E-state index contributed by atoms with van der Waals surface area (Å²) in [5.74, 6) is 0.274. The summed E-state index contributed by atoms with van der Waals surface area (Å²) in [4.78, 5) is 49.0. The molecular weight excluding hydrogens is 438 g/mol. The number of hydrogen-bond donors (Lipinski definition) is 4. The summed E-state index contributed by atoms with van der Waals surface area (Å²) >= 11 is 0. The summed E-state index contributed by atoms with van der Waals surface area (Å²) < 4.78 is 5.62. The van der Waals surface area contributed by atoms with Crippen LogP contribution in [0.4, 0.5) is 4.79 Å². The number of amides is 3. The molecule has 4 aliphatic carbocycles. The largest absolute Gasteiger partial charge is 0.449 e. The van der Waals surface area contributed by atoms with Crippen molar-refractivity contribution in [3.8, 4) is 0 Å². The van der Waals surface area contributed by atoms with E-state index in [2.05, 4.69) is 16.0 Å². The molecule has 190 valence electrons. The monoisotopic (exact) mass is 477 g/mol. The van der Waals surface area contributed by atoms with E-state index in [1.807, 2.05) is 13.8 Å². The smallest absolute Gasteiger partial charge is 0.407 e. The second kappa shape index (κ2) is 9.84. The van der Waals surface area contributed by atoms with Crippen LogP contribution in [0.15, 0.2) is 0 Å². The summed E-state index contributed by atoms with van der Waals surface area (Å²) in [5.41, 5.74) is -0.791. The molecule has 0 aromatic heterocycles. The first-order valence-corrected chi connectivity index (χ1v) is 12.8. The number of hydrogen-bond acceptors (Lipinski definition) is 6. The minimum Gasteiger partial charge on any atom is -0.449 e. The van der Waals surface area contributed by atoms with Gasteiger partial charge in [0.05, 0.1) is 18.2 Å². The number of carbonyl (C=O) groups excluding carboxylic acids is 4. The van der Waals surface area contributed by atoms with Gasteiger partial charge in [-0.05, 0) is 75.5 Å². The van der Waals surface area contributed by atoms with Crippen molar-refractivity contribution < 1.29 is 29.0 Å². The lowest BCUT2D eigenvalue weighted by Crippen LogP contribution is -2.57. The van der Waals surface area contributed by atoms with E-state index < -0.39 is 29.7 Å². The second-order valence-corrected chi connectivity index (χ2v) is 11.9. The lowest BCUT2D eigenvalue weighted by Gasteiger charge is -2.59. The first-order chi connectivity index (χ1) is 16.1. The number of carbonyl (C=O) groups is 4. The van der Waals surface area contributed by atoms with Gasteiger partial charge < -0.3 is 30.6 Å². The molecule has 0 aromatic carbocycles. The highest BCUT2D eigenvalue weighted by Gasteiger charge is 2.57. The maximum atomic E-state index is 12.9. The highest BCUT2D eigenvalue weighted by molar-refractivity contribution is 5.88. The van der Waals surface area contributed by atoms with E-state index in [1.54, 1.807) is 0 Å². The van der Waals surface area contributed by atoms with Crippen molar-refractivity contribution in [2.45, 2.75) is 89.3 Å². The molecule has 0 radical (unpaired) electrons. The van der Waals surface area contributed by atoms with Crippen molar-refractivity contribution in [2.75, 3.05) is 13.2 Å². The predicted octanol–water partition coefficient (Wildman–Crippen LogP) is 1.67. The van der Waals surface area contributed by atoms with E-state index in [-0.39, 0.29) is 36.2 Å². The van der Waals surface area contributed by atoms with Gasteiger partial charge in [-0.3, -0.25) is 9.59 Å². The number of rotatable bonds is 10. The van der Waals surface area contributed by atoms with Gasteiger partial charge in [0.2, 0.25) is 11.8 Å². The molecule has 0 aromatic rings. The van der Waals surface area contributed by atoms with Crippen molar-refractivity contribution in [1.82, 2.24) is 16.0 Å². The lowest BCUT2D eigenvalue weighted by molar-refractivity contribution is -0.175. The standard InChI is InChI=1S/C25H39N3O6/c1-15(2)5-20(22(31)27-19(12-29)7-18-3-4-26-21(18)30)28-23(32)34-14-24-8-16-6-17(9-24)11-25(33,10-16)13-24/h12,15-20,33H,3-11,13-14H2,1-2H3,(H,26,30)(H,27,31)(H,28,32)/t16?,17?,18-,19-,20-,24?,25?/m0/s1. The Hall–Kier alpha value is -2.16. The molecule has 5 fully saturated rings. The summed E-state index contributed by atoms with van der Waals surface area (Å²) in [6, 6.07) is -1.63.